The largest absolute Gasteiger partial charge is 0.398 e. The van der Waals surface area contributed by atoms with Crippen LogP contribution < -0.4 is 5.73 Å². The van der Waals surface area contributed by atoms with Gasteiger partial charge in [-0.1, -0.05) is 11.6 Å². The molecule has 0 aliphatic carbocycles. The average Bonchev–Trinajstić information content (AvgIpc) is 1.97. The van der Waals surface area contributed by atoms with Gasteiger partial charge < -0.3 is 5.73 Å². The third-order valence-electron chi connectivity index (χ3n) is 1.44. The molecule has 2 nitrogen and oxygen atoms in total. The molecule has 0 radical (unpaired) electrons. The quantitative estimate of drug-likeness (QED) is 0.466. The topological polar surface area (TPSA) is 30.4 Å². The molecule has 0 saturated heterocycles. The number of aryl methyl sites for hydroxylation is 1. The van der Waals surface area contributed by atoms with Gasteiger partial charge >= 0.3 is 0 Å². The zero-order valence-electron chi connectivity index (χ0n) is 6.06. The lowest BCUT2D eigenvalue weighted by Crippen LogP contribution is -1.86. The molecule has 0 aromatic heterocycles. The van der Waals surface area contributed by atoms with Crippen molar-refractivity contribution in [3.05, 3.63) is 34.1 Å². The Morgan fingerprint density at radius 1 is 1.55 bits per heavy atom. The van der Waals surface area contributed by atoms with E-state index in [1.165, 1.54) is 0 Å². The first-order valence-electron chi connectivity index (χ1n) is 3.08. The Kier molecular flexibility index (Phi) is 2.02. The van der Waals surface area contributed by atoms with Gasteiger partial charge in [0.2, 0.25) is 0 Å². The van der Waals surface area contributed by atoms with Crippen LogP contribution >= 0.6 is 11.6 Å². The van der Waals surface area contributed by atoms with Crippen LogP contribution in [0, 0.1) is 13.5 Å². The van der Waals surface area contributed by atoms with Gasteiger partial charge in [-0.2, -0.15) is 0 Å². The number of halogens is 1. The fourth-order valence-corrected chi connectivity index (χ4v) is 0.972. The highest BCUT2D eigenvalue weighted by molar-refractivity contribution is 6.33. The van der Waals surface area contributed by atoms with Crippen LogP contribution in [0.25, 0.3) is 4.85 Å². The molecule has 0 fully saturated rings. The van der Waals surface area contributed by atoms with Crippen molar-refractivity contribution in [3.8, 4) is 0 Å². The van der Waals surface area contributed by atoms with Crippen LogP contribution in [0.15, 0.2) is 12.1 Å². The molecule has 56 valence electrons. The summed E-state index contributed by atoms with van der Waals surface area (Å²) in [5.74, 6) is 0. The van der Waals surface area contributed by atoms with Gasteiger partial charge in [0.25, 0.3) is 0 Å². The number of anilines is 1. The highest BCUT2D eigenvalue weighted by Gasteiger charge is 2.01. The van der Waals surface area contributed by atoms with E-state index in [0.29, 0.717) is 16.4 Å². The minimum Gasteiger partial charge on any atom is -0.398 e. The number of rotatable bonds is 0. The Morgan fingerprint density at radius 2 is 2.18 bits per heavy atom. The summed E-state index contributed by atoms with van der Waals surface area (Å²) in [5, 5.41) is 0.446. The molecule has 0 bridgehead atoms. The van der Waals surface area contributed by atoms with Crippen LogP contribution in [0.1, 0.15) is 5.56 Å². The minimum absolute atomic E-state index is 0.446. The molecule has 3 heteroatoms. The molecule has 1 rings (SSSR count). The van der Waals surface area contributed by atoms with Gasteiger partial charge in [-0.05, 0) is 24.6 Å². The lowest BCUT2D eigenvalue weighted by Gasteiger charge is -2.00. The molecule has 0 atom stereocenters. The zero-order valence-corrected chi connectivity index (χ0v) is 6.81. The minimum atomic E-state index is 0.446. The van der Waals surface area contributed by atoms with Crippen LogP contribution in [0.5, 0.6) is 0 Å². The SMILES string of the molecule is [C-]#[N+]c1cc(Cl)c(N)cc1C. The monoisotopic (exact) mass is 166 g/mol. The Labute approximate surface area is 70.4 Å². The van der Waals surface area contributed by atoms with E-state index in [-0.39, 0.29) is 0 Å². The van der Waals surface area contributed by atoms with E-state index in [4.69, 9.17) is 23.9 Å². The summed E-state index contributed by atoms with van der Waals surface area (Å²) < 4.78 is 0. The fourth-order valence-electron chi connectivity index (χ4n) is 0.814. The van der Waals surface area contributed by atoms with Crippen LogP contribution in [0.4, 0.5) is 11.4 Å². The van der Waals surface area contributed by atoms with E-state index in [2.05, 4.69) is 4.85 Å². The van der Waals surface area contributed by atoms with E-state index < -0.39 is 0 Å². The molecular formula is C8H7ClN2. The van der Waals surface area contributed by atoms with Gasteiger partial charge in [0.05, 0.1) is 11.6 Å². The van der Waals surface area contributed by atoms with Gasteiger partial charge in [0, 0.05) is 5.69 Å². The Bertz CT molecular complexity index is 326. The average molecular weight is 167 g/mol. The van der Waals surface area contributed by atoms with Gasteiger partial charge in [-0.3, -0.25) is 0 Å². The third kappa shape index (κ3) is 1.44. The first-order valence-corrected chi connectivity index (χ1v) is 3.46. The lowest BCUT2D eigenvalue weighted by atomic mass is 10.2. The Morgan fingerprint density at radius 3 is 2.73 bits per heavy atom. The molecule has 2 N–H and O–H groups in total. The van der Waals surface area contributed by atoms with Crippen molar-refractivity contribution in [1.29, 1.82) is 0 Å². The summed E-state index contributed by atoms with van der Waals surface area (Å²) in [4.78, 5) is 3.28. The predicted molar refractivity (Wildman–Crippen MR) is 46.9 cm³/mol. The molecule has 0 saturated carbocycles. The van der Waals surface area contributed by atoms with E-state index in [1.54, 1.807) is 12.1 Å². The second-order valence-electron chi connectivity index (χ2n) is 2.27. The van der Waals surface area contributed by atoms with Crippen molar-refractivity contribution in [2.75, 3.05) is 5.73 Å². The smallest absolute Gasteiger partial charge is 0.191 e. The summed E-state index contributed by atoms with van der Waals surface area (Å²) in [6, 6.07) is 3.29. The van der Waals surface area contributed by atoms with Gasteiger partial charge in [-0.25, -0.2) is 4.85 Å². The van der Waals surface area contributed by atoms with Crippen molar-refractivity contribution in [2.45, 2.75) is 6.92 Å². The molecule has 11 heavy (non-hydrogen) atoms. The summed E-state index contributed by atoms with van der Waals surface area (Å²) in [6.07, 6.45) is 0. The fraction of sp³-hybridized carbons (Fsp3) is 0.125. The summed E-state index contributed by atoms with van der Waals surface area (Å²) >= 11 is 5.70. The van der Waals surface area contributed by atoms with E-state index in [0.717, 1.165) is 5.56 Å². The number of hydrogen-bond acceptors (Lipinski definition) is 1. The number of nitrogens with two attached hydrogens (primary N) is 1. The van der Waals surface area contributed by atoms with Crippen molar-refractivity contribution in [1.82, 2.24) is 0 Å². The van der Waals surface area contributed by atoms with E-state index in [9.17, 15) is 0 Å². The molecule has 0 unspecified atom stereocenters. The van der Waals surface area contributed by atoms with Crippen LogP contribution in [-0.2, 0) is 0 Å². The Balaban J connectivity index is 3.35. The molecule has 0 heterocycles. The molecule has 1 aromatic carbocycles. The molecule has 1 aromatic rings. The summed E-state index contributed by atoms with van der Waals surface area (Å²) in [7, 11) is 0. The van der Waals surface area contributed by atoms with Crippen molar-refractivity contribution >= 4 is 23.0 Å². The first kappa shape index (κ1) is 7.90. The van der Waals surface area contributed by atoms with Gasteiger partial charge in [0.15, 0.2) is 5.69 Å². The van der Waals surface area contributed by atoms with Crippen LogP contribution in [0.3, 0.4) is 0 Å². The highest BCUT2D eigenvalue weighted by Crippen LogP contribution is 2.28. The molecular weight excluding hydrogens is 160 g/mol. The Hall–Kier alpha value is -1.20. The molecule has 0 aliphatic rings. The second-order valence-corrected chi connectivity index (χ2v) is 2.68. The third-order valence-corrected chi connectivity index (χ3v) is 1.76. The number of benzene rings is 1. The maximum atomic E-state index is 6.78. The zero-order chi connectivity index (χ0) is 8.43. The van der Waals surface area contributed by atoms with Gasteiger partial charge in [-0.15, -0.1) is 0 Å². The summed E-state index contributed by atoms with van der Waals surface area (Å²) in [6.45, 7) is 8.61. The van der Waals surface area contributed by atoms with E-state index in [1.807, 2.05) is 6.92 Å². The first-order chi connectivity index (χ1) is 5.15. The number of hydrogen-bond donors (Lipinski definition) is 1. The molecule has 0 amide bonds. The normalized spacial score (nSPS) is 9.18. The molecule has 0 spiro atoms. The standard InChI is InChI=1S/C8H7ClN2/c1-5-3-7(10)6(9)4-8(5)11-2/h3-4H,10H2,1H3. The maximum absolute atomic E-state index is 6.78. The number of nitrogens with zero attached hydrogens (tertiary/aromatic N) is 1. The lowest BCUT2D eigenvalue weighted by molar-refractivity contribution is 1.49. The van der Waals surface area contributed by atoms with Crippen LogP contribution in [0.2, 0.25) is 5.02 Å². The van der Waals surface area contributed by atoms with E-state index >= 15 is 0 Å². The highest BCUT2D eigenvalue weighted by atomic mass is 35.5. The summed E-state index contributed by atoms with van der Waals surface area (Å²) in [5.41, 5.74) is 7.46. The van der Waals surface area contributed by atoms with Crippen molar-refractivity contribution < 1.29 is 0 Å². The van der Waals surface area contributed by atoms with Gasteiger partial charge in [0.1, 0.15) is 0 Å². The maximum Gasteiger partial charge on any atom is 0.191 e. The second kappa shape index (κ2) is 2.81. The molecule has 0 aliphatic heterocycles. The number of nitrogen functional groups attached to an aromatic ring is 1. The predicted octanol–water partition coefficient (Wildman–Crippen LogP) is 2.78. The van der Waals surface area contributed by atoms with Crippen molar-refractivity contribution in [2.24, 2.45) is 0 Å². The van der Waals surface area contributed by atoms with Crippen LogP contribution in [-0.4, -0.2) is 0 Å². The van der Waals surface area contributed by atoms with Crippen molar-refractivity contribution in [3.63, 3.8) is 0 Å².